The largest absolute Gasteiger partial charge is 0.399 e. The van der Waals surface area contributed by atoms with Gasteiger partial charge in [-0.3, -0.25) is 0 Å². The molecule has 88 valence electrons. The smallest absolute Gasteiger partial charge is 0.151 e. The first-order valence-corrected chi connectivity index (χ1v) is 4.84. The summed E-state index contributed by atoms with van der Waals surface area (Å²) in [4.78, 5) is 1.26. The molecule has 2 atom stereocenters. The van der Waals surface area contributed by atoms with Crippen LogP contribution in [-0.2, 0) is 0 Å². The second-order valence-corrected chi connectivity index (χ2v) is 3.87. The molecular formula is C10H12F2N2O2. The molecule has 1 aliphatic heterocycles. The average molecular weight is 230 g/mol. The van der Waals surface area contributed by atoms with E-state index in [9.17, 15) is 19.0 Å². The second-order valence-electron chi connectivity index (χ2n) is 3.87. The molecule has 0 radical (unpaired) electrons. The third kappa shape index (κ3) is 1.81. The number of β-amino-alcohol motifs (C(OH)–C–C–N with tert-alkyl or cyclic N) is 2. The van der Waals surface area contributed by atoms with Crippen molar-refractivity contribution in [3.8, 4) is 0 Å². The van der Waals surface area contributed by atoms with Crippen LogP contribution in [0.5, 0.6) is 0 Å². The maximum atomic E-state index is 13.5. The van der Waals surface area contributed by atoms with Crippen LogP contribution in [0.2, 0.25) is 0 Å². The molecule has 4 nitrogen and oxygen atoms in total. The quantitative estimate of drug-likeness (QED) is 0.598. The summed E-state index contributed by atoms with van der Waals surface area (Å²) in [5, 5.41) is 18.6. The zero-order chi connectivity index (χ0) is 11.9. The van der Waals surface area contributed by atoms with E-state index in [1.54, 1.807) is 0 Å². The van der Waals surface area contributed by atoms with Crippen LogP contribution in [0.3, 0.4) is 0 Å². The van der Waals surface area contributed by atoms with Gasteiger partial charge in [0.2, 0.25) is 0 Å². The van der Waals surface area contributed by atoms with E-state index in [0.717, 1.165) is 12.1 Å². The number of halogens is 2. The van der Waals surface area contributed by atoms with Crippen molar-refractivity contribution >= 4 is 11.4 Å². The SMILES string of the molecule is Nc1cc(F)c(N2CC(O)C(O)C2)c(F)c1. The minimum atomic E-state index is -0.989. The Bertz CT molecular complexity index is 381. The number of nitrogen functional groups attached to an aromatic ring is 1. The molecule has 1 heterocycles. The van der Waals surface area contributed by atoms with Gasteiger partial charge in [-0.15, -0.1) is 0 Å². The van der Waals surface area contributed by atoms with Crippen LogP contribution in [-0.4, -0.2) is 35.5 Å². The van der Waals surface area contributed by atoms with E-state index in [2.05, 4.69) is 0 Å². The molecule has 2 rings (SSSR count). The number of rotatable bonds is 1. The fraction of sp³-hybridized carbons (Fsp3) is 0.400. The van der Waals surface area contributed by atoms with Crippen LogP contribution in [0.25, 0.3) is 0 Å². The lowest BCUT2D eigenvalue weighted by Gasteiger charge is -2.19. The number of aliphatic hydroxyl groups is 2. The molecule has 6 heteroatoms. The molecule has 1 aromatic carbocycles. The van der Waals surface area contributed by atoms with Crippen molar-refractivity contribution in [3.05, 3.63) is 23.8 Å². The summed E-state index contributed by atoms with van der Waals surface area (Å²) in [6.45, 7) is -0.00213. The second kappa shape index (κ2) is 3.88. The van der Waals surface area contributed by atoms with E-state index in [1.165, 1.54) is 4.90 Å². The molecule has 0 amide bonds. The number of aliphatic hydroxyl groups excluding tert-OH is 2. The number of hydrogen-bond donors (Lipinski definition) is 3. The fourth-order valence-electron chi connectivity index (χ4n) is 1.84. The van der Waals surface area contributed by atoms with Gasteiger partial charge in [-0.05, 0) is 12.1 Å². The molecule has 16 heavy (non-hydrogen) atoms. The zero-order valence-corrected chi connectivity index (χ0v) is 8.40. The highest BCUT2D eigenvalue weighted by Gasteiger charge is 2.32. The Balaban J connectivity index is 2.35. The molecule has 1 saturated heterocycles. The van der Waals surface area contributed by atoms with Crippen molar-refractivity contribution in [1.82, 2.24) is 0 Å². The summed E-state index contributed by atoms with van der Waals surface area (Å²) in [7, 11) is 0. The molecule has 0 aliphatic carbocycles. The van der Waals surface area contributed by atoms with Crippen molar-refractivity contribution in [2.24, 2.45) is 0 Å². The van der Waals surface area contributed by atoms with Gasteiger partial charge in [0.25, 0.3) is 0 Å². The van der Waals surface area contributed by atoms with E-state index in [-0.39, 0.29) is 24.5 Å². The highest BCUT2D eigenvalue weighted by atomic mass is 19.1. The fourth-order valence-corrected chi connectivity index (χ4v) is 1.84. The normalized spacial score (nSPS) is 25.1. The predicted octanol–water partition coefficient (Wildman–Crippen LogP) is 0.0888. The Hall–Kier alpha value is -1.40. The lowest BCUT2D eigenvalue weighted by atomic mass is 10.2. The zero-order valence-electron chi connectivity index (χ0n) is 8.40. The summed E-state index contributed by atoms with van der Waals surface area (Å²) in [5.41, 5.74) is 5.02. The summed E-state index contributed by atoms with van der Waals surface area (Å²) in [6.07, 6.45) is -1.98. The Morgan fingerprint density at radius 1 is 1.12 bits per heavy atom. The molecule has 0 saturated carbocycles. The summed E-state index contributed by atoms with van der Waals surface area (Å²) >= 11 is 0. The van der Waals surface area contributed by atoms with Crippen molar-refractivity contribution in [2.45, 2.75) is 12.2 Å². The van der Waals surface area contributed by atoms with Crippen LogP contribution in [0.1, 0.15) is 0 Å². The third-order valence-corrected chi connectivity index (χ3v) is 2.61. The Labute approximate surface area is 90.9 Å². The monoisotopic (exact) mass is 230 g/mol. The maximum Gasteiger partial charge on any atom is 0.151 e. The van der Waals surface area contributed by atoms with E-state index in [4.69, 9.17) is 5.73 Å². The molecule has 1 aromatic rings. The van der Waals surface area contributed by atoms with Gasteiger partial charge in [0.1, 0.15) is 5.69 Å². The van der Waals surface area contributed by atoms with Crippen LogP contribution in [0.15, 0.2) is 12.1 Å². The van der Waals surface area contributed by atoms with E-state index in [0.29, 0.717) is 0 Å². The van der Waals surface area contributed by atoms with Crippen LogP contribution in [0, 0.1) is 11.6 Å². The number of nitrogens with two attached hydrogens (primary N) is 1. The Kier molecular flexibility index (Phi) is 2.69. The van der Waals surface area contributed by atoms with Crippen molar-refractivity contribution in [3.63, 3.8) is 0 Å². The summed E-state index contributed by atoms with van der Waals surface area (Å²) in [6, 6.07) is 2.02. The standard InChI is InChI=1S/C10H12F2N2O2/c11-6-1-5(13)2-7(12)10(6)14-3-8(15)9(16)4-14/h1-2,8-9,15-16H,3-4,13H2. The van der Waals surface area contributed by atoms with Gasteiger partial charge in [0.15, 0.2) is 11.6 Å². The minimum Gasteiger partial charge on any atom is -0.399 e. The summed E-state index contributed by atoms with van der Waals surface area (Å²) < 4.78 is 27.0. The first kappa shape index (κ1) is 11.1. The highest BCUT2D eigenvalue weighted by Crippen LogP contribution is 2.28. The van der Waals surface area contributed by atoms with Gasteiger partial charge in [-0.25, -0.2) is 8.78 Å². The number of anilines is 2. The van der Waals surface area contributed by atoms with Crippen LogP contribution in [0.4, 0.5) is 20.2 Å². The van der Waals surface area contributed by atoms with Crippen LogP contribution < -0.4 is 10.6 Å². The molecule has 2 unspecified atom stereocenters. The van der Waals surface area contributed by atoms with Gasteiger partial charge in [0, 0.05) is 18.8 Å². The number of hydrogen-bond acceptors (Lipinski definition) is 4. The lowest BCUT2D eigenvalue weighted by Crippen LogP contribution is -2.23. The Morgan fingerprint density at radius 3 is 2.00 bits per heavy atom. The number of benzene rings is 1. The molecule has 1 fully saturated rings. The molecule has 0 aromatic heterocycles. The first-order chi connectivity index (χ1) is 7.49. The highest BCUT2D eigenvalue weighted by molar-refractivity contribution is 5.56. The van der Waals surface area contributed by atoms with Gasteiger partial charge in [-0.2, -0.15) is 0 Å². The first-order valence-electron chi connectivity index (χ1n) is 4.84. The Morgan fingerprint density at radius 2 is 1.56 bits per heavy atom. The molecule has 1 aliphatic rings. The molecule has 0 bridgehead atoms. The summed E-state index contributed by atoms with van der Waals surface area (Å²) in [5.74, 6) is -1.59. The third-order valence-electron chi connectivity index (χ3n) is 2.61. The van der Waals surface area contributed by atoms with E-state index < -0.39 is 23.8 Å². The number of nitrogens with zero attached hydrogens (tertiary/aromatic N) is 1. The van der Waals surface area contributed by atoms with Gasteiger partial charge >= 0.3 is 0 Å². The van der Waals surface area contributed by atoms with Gasteiger partial charge < -0.3 is 20.8 Å². The van der Waals surface area contributed by atoms with E-state index >= 15 is 0 Å². The topological polar surface area (TPSA) is 69.7 Å². The maximum absolute atomic E-state index is 13.5. The van der Waals surface area contributed by atoms with Gasteiger partial charge in [-0.1, -0.05) is 0 Å². The lowest BCUT2D eigenvalue weighted by molar-refractivity contribution is 0.0572. The molecule has 0 spiro atoms. The average Bonchev–Trinajstić information content (AvgIpc) is 2.44. The van der Waals surface area contributed by atoms with Crippen molar-refractivity contribution in [2.75, 3.05) is 23.7 Å². The van der Waals surface area contributed by atoms with E-state index in [1.807, 2.05) is 0 Å². The van der Waals surface area contributed by atoms with Crippen molar-refractivity contribution < 1.29 is 19.0 Å². The van der Waals surface area contributed by atoms with Crippen LogP contribution >= 0.6 is 0 Å². The minimum absolute atomic E-state index is 0.000885. The van der Waals surface area contributed by atoms with Gasteiger partial charge in [0.05, 0.1) is 12.2 Å². The predicted molar refractivity (Wildman–Crippen MR) is 55.0 cm³/mol. The molecule has 4 N–H and O–H groups in total. The van der Waals surface area contributed by atoms with Crippen molar-refractivity contribution in [1.29, 1.82) is 0 Å². The molecular weight excluding hydrogens is 218 g/mol.